The first-order chi connectivity index (χ1) is 9.04. The monoisotopic (exact) mass is 267 g/mol. The van der Waals surface area contributed by atoms with Crippen LogP contribution in [0.3, 0.4) is 0 Å². The van der Waals surface area contributed by atoms with Crippen molar-refractivity contribution in [3.63, 3.8) is 0 Å². The summed E-state index contributed by atoms with van der Waals surface area (Å²) in [4.78, 5) is 24.3. The smallest absolute Gasteiger partial charge is 0.323 e. The van der Waals surface area contributed by atoms with Crippen LogP contribution in [0.4, 0.5) is 0 Å². The molecule has 6 nitrogen and oxygen atoms in total. The summed E-state index contributed by atoms with van der Waals surface area (Å²) in [6.07, 6.45) is 0. The third kappa shape index (κ3) is 3.37. The lowest BCUT2D eigenvalue weighted by Gasteiger charge is -2.21. The van der Waals surface area contributed by atoms with Gasteiger partial charge >= 0.3 is 5.97 Å². The van der Waals surface area contributed by atoms with E-state index in [1.54, 1.807) is 25.1 Å². The molecule has 1 aromatic rings. The maximum atomic E-state index is 12.4. The molecule has 19 heavy (non-hydrogen) atoms. The molecule has 0 bridgehead atoms. The van der Waals surface area contributed by atoms with Crippen LogP contribution in [0.25, 0.3) is 0 Å². The lowest BCUT2D eigenvalue weighted by Crippen LogP contribution is -2.35. The van der Waals surface area contributed by atoms with Crippen molar-refractivity contribution < 1.29 is 24.2 Å². The second-order valence-electron chi connectivity index (χ2n) is 3.75. The number of hydrogen-bond acceptors (Lipinski definition) is 4. The fraction of sp³-hybridized carbons (Fsp3) is 0.385. The molecule has 0 radical (unpaired) electrons. The number of likely N-dealkylation sites (N-methyl/N-ethyl adjacent to an activating group) is 1. The molecule has 104 valence electrons. The minimum absolute atomic E-state index is 0.232. The number of carboxylic acids is 1. The van der Waals surface area contributed by atoms with Gasteiger partial charge in [0.1, 0.15) is 23.6 Å². The fourth-order valence-electron chi connectivity index (χ4n) is 1.71. The average Bonchev–Trinajstić information content (AvgIpc) is 2.42. The molecule has 0 saturated heterocycles. The van der Waals surface area contributed by atoms with Crippen LogP contribution in [0.15, 0.2) is 18.2 Å². The molecule has 0 aliphatic carbocycles. The Morgan fingerprint density at radius 1 is 1.21 bits per heavy atom. The SMILES string of the molecule is CCN(CC(=O)O)C(=O)c1c(OC)cccc1OC. The minimum Gasteiger partial charge on any atom is -0.496 e. The summed E-state index contributed by atoms with van der Waals surface area (Å²) >= 11 is 0. The summed E-state index contributed by atoms with van der Waals surface area (Å²) in [6.45, 7) is 1.63. The molecule has 0 aromatic heterocycles. The van der Waals surface area contributed by atoms with Gasteiger partial charge in [-0.2, -0.15) is 0 Å². The normalized spacial score (nSPS) is 9.84. The molecule has 1 aromatic carbocycles. The summed E-state index contributed by atoms with van der Waals surface area (Å²) in [5, 5.41) is 8.81. The summed E-state index contributed by atoms with van der Waals surface area (Å²) < 4.78 is 10.3. The van der Waals surface area contributed by atoms with Gasteiger partial charge in [-0.1, -0.05) is 6.07 Å². The summed E-state index contributed by atoms with van der Waals surface area (Å²) in [6, 6.07) is 4.96. The Morgan fingerprint density at radius 3 is 2.11 bits per heavy atom. The van der Waals surface area contributed by atoms with Gasteiger partial charge in [-0.25, -0.2) is 0 Å². The Kier molecular flexibility index (Phi) is 5.17. The molecule has 0 unspecified atom stereocenters. The molecule has 6 heteroatoms. The van der Waals surface area contributed by atoms with E-state index in [1.807, 2.05) is 0 Å². The number of ether oxygens (including phenoxy) is 2. The van der Waals surface area contributed by atoms with Crippen molar-refractivity contribution >= 4 is 11.9 Å². The van der Waals surface area contributed by atoms with Gasteiger partial charge in [-0.05, 0) is 19.1 Å². The first kappa shape index (κ1) is 14.8. The largest absolute Gasteiger partial charge is 0.496 e. The van der Waals surface area contributed by atoms with E-state index in [1.165, 1.54) is 19.1 Å². The van der Waals surface area contributed by atoms with Crippen molar-refractivity contribution in [2.24, 2.45) is 0 Å². The Balaban J connectivity index is 3.19. The molecular weight excluding hydrogens is 250 g/mol. The zero-order valence-electron chi connectivity index (χ0n) is 11.2. The molecular formula is C13H17NO5. The van der Waals surface area contributed by atoms with Gasteiger partial charge in [0, 0.05) is 6.54 Å². The number of amides is 1. The summed E-state index contributed by atoms with van der Waals surface area (Å²) in [7, 11) is 2.89. The number of nitrogens with zero attached hydrogens (tertiary/aromatic N) is 1. The molecule has 0 atom stereocenters. The number of carbonyl (C=O) groups excluding carboxylic acids is 1. The molecule has 0 aliphatic rings. The highest BCUT2D eigenvalue weighted by molar-refractivity contribution is 6.00. The Bertz CT molecular complexity index is 450. The lowest BCUT2D eigenvalue weighted by molar-refractivity contribution is -0.137. The predicted octanol–water partition coefficient (Wildman–Crippen LogP) is 1.25. The third-order valence-corrected chi connectivity index (χ3v) is 2.64. The quantitative estimate of drug-likeness (QED) is 0.839. The van der Waals surface area contributed by atoms with E-state index in [-0.39, 0.29) is 18.7 Å². The minimum atomic E-state index is -1.07. The molecule has 0 saturated carbocycles. The maximum absolute atomic E-state index is 12.4. The van der Waals surface area contributed by atoms with Gasteiger partial charge in [0.25, 0.3) is 5.91 Å². The standard InChI is InChI=1S/C13H17NO5/c1-4-14(8-11(15)16)13(17)12-9(18-2)6-5-7-10(12)19-3/h5-7H,4,8H2,1-3H3,(H,15,16). The van der Waals surface area contributed by atoms with E-state index in [4.69, 9.17) is 14.6 Å². The van der Waals surface area contributed by atoms with Crippen LogP contribution in [0, 0.1) is 0 Å². The number of aliphatic carboxylic acids is 1. The van der Waals surface area contributed by atoms with E-state index in [2.05, 4.69) is 0 Å². The van der Waals surface area contributed by atoms with Gasteiger partial charge in [0.2, 0.25) is 0 Å². The highest BCUT2D eigenvalue weighted by Crippen LogP contribution is 2.29. The predicted molar refractivity (Wildman–Crippen MR) is 68.8 cm³/mol. The molecule has 0 heterocycles. The Labute approximate surface area is 111 Å². The lowest BCUT2D eigenvalue weighted by atomic mass is 10.1. The van der Waals surface area contributed by atoms with Gasteiger partial charge in [-0.15, -0.1) is 0 Å². The number of hydrogen-bond donors (Lipinski definition) is 1. The Morgan fingerprint density at radius 2 is 1.74 bits per heavy atom. The van der Waals surface area contributed by atoms with Crippen molar-refractivity contribution in [2.45, 2.75) is 6.92 Å². The van der Waals surface area contributed by atoms with E-state index in [9.17, 15) is 9.59 Å². The maximum Gasteiger partial charge on any atom is 0.323 e. The number of rotatable bonds is 6. The van der Waals surface area contributed by atoms with Gasteiger partial charge in [0.15, 0.2) is 0 Å². The van der Waals surface area contributed by atoms with Crippen LogP contribution in [0.2, 0.25) is 0 Å². The first-order valence-electron chi connectivity index (χ1n) is 5.77. The van der Waals surface area contributed by atoms with Crippen molar-refractivity contribution in [1.29, 1.82) is 0 Å². The van der Waals surface area contributed by atoms with Crippen LogP contribution in [-0.4, -0.2) is 49.2 Å². The first-order valence-corrected chi connectivity index (χ1v) is 5.77. The molecule has 0 fully saturated rings. The van der Waals surface area contributed by atoms with E-state index >= 15 is 0 Å². The topological polar surface area (TPSA) is 76.1 Å². The number of carboxylic acid groups (broad SMARTS) is 1. The van der Waals surface area contributed by atoms with Crippen LogP contribution in [0.1, 0.15) is 17.3 Å². The summed E-state index contributed by atoms with van der Waals surface area (Å²) in [5.41, 5.74) is 0.232. The summed E-state index contributed by atoms with van der Waals surface area (Å²) in [5.74, 6) is -0.787. The second-order valence-corrected chi connectivity index (χ2v) is 3.75. The molecule has 1 rings (SSSR count). The van der Waals surface area contributed by atoms with Gasteiger partial charge in [0.05, 0.1) is 14.2 Å². The van der Waals surface area contributed by atoms with E-state index in [0.717, 1.165) is 0 Å². The van der Waals surface area contributed by atoms with Crippen molar-refractivity contribution in [3.05, 3.63) is 23.8 Å². The van der Waals surface area contributed by atoms with Crippen molar-refractivity contribution in [3.8, 4) is 11.5 Å². The molecule has 0 aliphatic heterocycles. The Hall–Kier alpha value is -2.24. The third-order valence-electron chi connectivity index (χ3n) is 2.64. The van der Waals surface area contributed by atoms with Crippen molar-refractivity contribution in [2.75, 3.05) is 27.3 Å². The zero-order valence-corrected chi connectivity index (χ0v) is 11.2. The van der Waals surface area contributed by atoms with Gasteiger partial charge in [-0.3, -0.25) is 9.59 Å². The average molecular weight is 267 g/mol. The zero-order chi connectivity index (χ0) is 14.4. The van der Waals surface area contributed by atoms with Crippen LogP contribution >= 0.6 is 0 Å². The molecule has 0 spiro atoms. The van der Waals surface area contributed by atoms with Crippen molar-refractivity contribution in [1.82, 2.24) is 4.90 Å². The van der Waals surface area contributed by atoms with Crippen LogP contribution in [-0.2, 0) is 4.79 Å². The molecule has 1 amide bonds. The highest BCUT2D eigenvalue weighted by Gasteiger charge is 2.24. The second kappa shape index (κ2) is 6.63. The van der Waals surface area contributed by atoms with Gasteiger partial charge < -0.3 is 19.5 Å². The van der Waals surface area contributed by atoms with E-state index in [0.29, 0.717) is 11.5 Å². The van der Waals surface area contributed by atoms with Crippen LogP contribution < -0.4 is 9.47 Å². The fourth-order valence-corrected chi connectivity index (χ4v) is 1.71. The highest BCUT2D eigenvalue weighted by atomic mass is 16.5. The van der Waals surface area contributed by atoms with E-state index < -0.39 is 11.9 Å². The van der Waals surface area contributed by atoms with Crippen LogP contribution in [0.5, 0.6) is 11.5 Å². The molecule has 1 N–H and O–H groups in total. The number of carbonyl (C=O) groups is 2. The number of methoxy groups -OCH3 is 2. The number of benzene rings is 1.